The van der Waals surface area contributed by atoms with Gasteiger partial charge in [-0.15, -0.1) is 10.2 Å². The Labute approximate surface area is 116 Å². The van der Waals surface area contributed by atoms with E-state index in [4.69, 9.17) is 0 Å². The molecule has 2 amide bonds. The van der Waals surface area contributed by atoms with Gasteiger partial charge in [-0.3, -0.25) is 0 Å². The van der Waals surface area contributed by atoms with Crippen LogP contribution in [0.25, 0.3) is 0 Å². The summed E-state index contributed by atoms with van der Waals surface area (Å²) in [4.78, 5) is 15.1. The van der Waals surface area contributed by atoms with Gasteiger partial charge in [0.2, 0.25) is 5.13 Å². The van der Waals surface area contributed by atoms with Gasteiger partial charge in [0, 0.05) is 12.5 Å². The minimum absolute atomic E-state index is 0.177. The Bertz CT molecular complexity index is 472. The van der Waals surface area contributed by atoms with Crippen molar-refractivity contribution in [3.8, 4) is 0 Å². The fourth-order valence-corrected chi connectivity index (χ4v) is 3.82. The van der Waals surface area contributed by atoms with Gasteiger partial charge in [-0.1, -0.05) is 24.2 Å². The number of rotatable bonds is 3. The Kier molecular flexibility index (Phi) is 3.40. The third kappa shape index (κ3) is 2.21. The van der Waals surface area contributed by atoms with E-state index in [-0.39, 0.29) is 6.03 Å². The summed E-state index contributed by atoms with van der Waals surface area (Å²) in [7, 11) is 0. The second kappa shape index (κ2) is 5.05. The van der Waals surface area contributed by atoms with Crippen LogP contribution in [0.3, 0.4) is 0 Å². The number of amides is 2. The first kappa shape index (κ1) is 12.8. The molecule has 1 aliphatic heterocycles. The lowest BCUT2D eigenvalue weighted by Crippen LogP contribution is -2.34. The molecule has 0 spiro atoms. The zero-order valence-corrected chi connectivity index (χ0v) is 11.8. The van der Waals surface area contributed by atoms with Crippen LogP contribution in [0.5, 0.6) is 0 Å². The van der Waals surface area contributed by atoms with Crippen molar-refractivity contribution < 1.29 is 9.90 Å². The third-order valence-electron chi connectivity index (χ3n) is 3.88. The summed E-state index contributed by atoms with van der Waals surface area (Å²) in [6.45, 7) is 2.84. The third-order valence-corrected chi connectivity index (χ3v) is 4.97. The maximum absolute atomic E-state index is 12.1. The Morgan fingerprint density at radius 1 is 1.37 bits per heavy atom. The van der Waals surface area contributed by atoms with Crippen molar-refractivity contribution in [1.29, 1.82) is 0 Å². The first-order valence-electron chi connectivity index (χ1n) is 6.80. The molecule has 7 heteroatoms. The first-order valence-corrected chi connectivity index (χ1v) is 7.62. The molecule has 104 valence electrons. The van der Waals surface area contributed by atoms with E-state index in [1.807, 2.05) is 6.92 Å². The molecule has 19 heavy (non-hydrogen) atoms. The summed E-state index contributed by atoms with van der Waals surface area (Å²) in [5, 5.41) is 19.8. The number of hydrogen-bond acceptors (Lipinski definition) is 5. The molecule has 1 N–H and O–H groups in total. The number of hydrogen-bond donors (Lipinski definition) is 1. The molecule has 1 atom stereocenters. The zero-order valence-electron chi connectivity index (χ0n) is 10.9. The van der Waals surface area contributed by atoms with Gasteiger partial charge >= 0.3 is 6.03 Å². The summed E-state index contributed by atoms with van der Waals surface area (Å²) in [5.74, 6) is 0.489. The molecule has 6 nitrogen and oxygen atoms in total. The smallest absolute Gasteiger partial charge is 0.328 e. The van der Waals surface area contributed by atoms with Crippen LogP contribution in [0.2, 0.25) is 0 Å². The minimum Gasteiger partial charge on any atom is -0.371 e. The normalized spacial score (nSPS) is 24.7. The second-order valence-corrected chi connectivity index (χ2v) is 6.06. The molecule has 2 aliphatic rings. The summed E-state index contributed by atoms with van der Waals surface area (Å²) in [6, 6.07) is -0.177. The van der Waals surface area contributed by atoms with E-state index in [0.29, 0.717) is 24.1 Å². The Morgan fingerprint density at radius 2 is 2.11 bits per heavy atom. The van der Waals surface area contributed by atoms with Crippen molar-refractivity contribution >= 4 is 22.5 Å². The van der Waals surface area contributed by atoms with E-state index < -0.39 is 6.23 Å². The predicted octanol–water partition coefficient (Wildman–Crippen LogP) is 1.78. The molecule has 2 heterocycles. The highest BCUT2D eigenvalue weighted by molar-refractivity contribution is 7.15. The molecule has 3 rings (SSSR count). The lowest BCUT2D eigenvalue weighted by Gasteiger charge is -2.15. The Balaban J connectivity index is 1.80. The van der Waals surface area contributed by atoms with Crippen molar-refractivity contribution in [2.45, 2.75) is 44.8 Å². The van der Waals surface area contributed by atoms with Gasteiger partial charge in [0.05, 0.1) is 6.54 Å². The molecule has 0 bridgehead atoms. The molecule has 2 fully saturated rings. The van der Waals surface area contributed by atoms with Gasteiger partial charge in [-0.05, 0) is 19.8 Å². The topological polar surface area (TPSA) is 69.6 Å². The molecule has 1 saturated carbocycles. The van der Waals surface area contributed by atoms with Gasteiger partial charge in [0.15, 0.2) is 6.23 Å². The highest BCUT2D eigenvalue weighted by Gasteiger charge is 2.38. The maximum atomic E-state index is 12.1. The van der Waals surface area contributed by atoms with Gasteiger partial charge in [-0.2, -0.15) is 0 Å². The Hall–Kier alpha value is -1.21. The monoisotopic (exact) mass is 282 g/mol. The van der Waals surface area contributed by atoms with Crippen molar-refractivity contribution in [3.05, 3.63) is 5.01 Å². The molecular formula is C12H18N4O2S. The van der Waals surface area contributed by atoms with Crippen LogP contribution in [-0.2, 0) is 0 Å². The first-order chi connectivity index (χ1) is 9.20. The van der Waals surface area contributed by atoms with Crippen LogP contribution < -0.4 is 4.90 Å². The van der Waals surface area contributed by atoms with E-state index >= 15 is 0 Å². The quantitative estimate of drug-likeness (QED) is 0.917. The number of urea groups is 1. The van der Waals surface area contributed by atoms with Gasteiger partial charge in [0.25, 0.3) is 0 Å². The summed E-state index contributed by atoms with van der Waals surface area (Å²) in [6.07, 6.45) is 4.00. The molecule has 0 aromatic carbocycles. The molecule has 1 aromatic heterocycles. The average molecular weight is 282 g/mol. The largest absolute Gasteiger partial charge is 0.371 e. The van der Waals surface area contributed by atoms with E-state index in [9.17, 15) is 9.90 Å². The minimum atomic E-state index is -0.808. The van der Waals surface area contributed by atoms with E-state index in [1.165, 1.54) is 29.1 Å². The molecule has 1 aromatic rings. The van der Waals surface area contributed by atoms with E-state index in [0.717, 1.165) is 17.8 Å². The number of β-amino-alcohol motifs (C(OH)–C–C–N with tert-alkyl or cyclic N) is 1. The van der Waals surface area contributed by atoms with Crippen LogP contribution in [-0.4, -0.2) is 45.6 Å². The number of carbonyl (C=O) groups excluding carboxylic acids is 1. The number of carbonyl (C=O) groups is 1. The number of likely N-dealkylation sites (N-methyl/N-ethyl adjacent to an activating group) is 1. The number of aromatic nitrogens is 2. The van der Waals surface area contributed by atoms with Crippen molar-refractivity contribution in [2.75, 3.05) is 18.0 Å². The lowest BCUT2D eigenvalue weighted by atomic mass is 10.1. The highest BCUT2D eigenvalue weighted by atomic mass is 32.1. The Morgan fingerprint density at radius 3 is 2.74 bits per heavy atom. The average Bonchev–Trinajstić information content (AvgIpc) is 3.08. The summed E-state index contributed by atoms with van der Waals surface area (Å²) >= 11 is 1.44. The summed E-state index contributed by atoms with van der Waals surface area (Å²) in [5.41, 5.74) is 0. The van der Waals surface area contributed by atoms with E-state index in [2.05, 4.69) is 10.2 Å². The fraction of sp³-hybridized carbons (Fsp3) is 0.750. The van der Waals surface area contributed by atoms with Crippen LogP contribution in [0.15, 0.2) is 0 Å². The second-order valence-electron chi connectivity index (χ2n) is 5.08. The van der Waals surface area contributed by atoms with Crippen molar-refractivity contribution in [3.63, 3.8) is 0 Å². The molecule has 1 unspecified atom stereocenters. The predicted molar refractivity (Wildman–Crippen MR) is 72.2 cm³/mol. The van der Waals surface area contributed by atoms with Gasteiger partial charge in [0.1, 0.15) is 5.01 Å². The molecule has 0 radical (unpaired) electrons. The molecule has 1 aliphatic carbocycles. The van der Waals surface area contributed by atoms with Gasteiger partial charge < -0.3 is 10.0 Å². The number of anilines is 1. The van der Waals surface area contributed by atoms with Crippen LogP contribution in [0.4, 0.5) is 9.93 Å². The number of nitrogens with zero attached hydrogens (tertiary/aromatic N) is 4. The molecular weight excluding hydrogens is 264 g/mol. The van der Waals surface area contributed by atoms with Crippen molar-refractivity contribution in [2.24, 2.45) is 0 Å². The number of aliphatic hydroxyl groups is 1. The van der Waals surface area contributed by atoms with Gasteiger partial charge in [-0.25, -0.2) is 9.69 Å². The van der Waals surface area contributed by atoms with Crippen LogP contribution in [0, 0.1) is 0 Å². The standard InChI is InChI=1S/C12H18N4O2S/c1-2-15-7-9(17)16(12(15)18)11-14-13-10(19-11)8-5-3-4-6-8/h8-9,17H,2-7H2,1H3. The van der Waals surface area contributed by atoms with Crippen molar-refractivity contribution in [1.82, 2.24) is 15.1 Å². The summed E-state index contributed by atoms with van der Waals surface area (Å²) < 4.78 is 0. The van der Waals surface area contributed by atoms with Crippen LogP contribution >= 0.6 is 11.3 Å². The fourth-order valence-electron chi connectivity index (χ4n) is 2.77. The zero-order chi connectivity index (χ0) is 13.4. The lowest BCUT2D eigenvalue weighted by molar-refractivity contribution is 0.178. The maximum Gasteiger partial charge on any atom is 0.328 e. The van der Waals surface area contributed by atoms with Crippen LogP contribution in [0.1, 0.15) is 43.5 Å². The SMILES string of the molecule is CCN1CC(O)N(c2nnc(C3CCCC3)s2)C1=O. The molecule has 1 saturated heterocycles. The number of aliphatic hydroxyl groups excluding tert-OH is 1. The van der Waals surface area contributed by atoms with E-state index in [1.54, 1.807) is 4.90 Å². The highest BCUT2D eigenvalue weighted by Crippen LogP contribution is 2.38.